The van der Waals surface area contributed by atoms with Crippen molar-refractivity contribution in [3.8, 4) is 0 Å². The van der Waals surface area contributed by atoms with Gasteiger partial charge < -0.3 is 5.32 Å². The summed E-state index contributed by atoms with van der Waals surface area (Å²) in [4.78, 5) is 0. The lowest BCUT2D eigenvalue weighted by molar-refractivity contribution is 0.173. The second kappa shape index (κ2) is 4.09. The van der Waals surface area contributed by atoms with Crippen LogP contribution in [-0.4, -0.2) is 29.0 Å². The molecule has 1 fully saturated rings. The number of alkyl halides is 1. The maximum atomic E-state index is 13.5. The summed E-state index contributed by atoms with van der Waals surface area (Å²) >= 11 is 0. The van der Waals surface area contributed by atoms with Crippen molar-refractivity contribution in [3.05, 3.63) is 18.0 Å². The van der Waals surface area contributed by atoms with Gasteiger partial charge in [-0.15, -0.1) is 0 Å². The minimum atomic E-state index is -0.812. The van der Waals surface area contributed by atoms with Gasteiger partial charge in [0, 0.05) is 12.7 Å². The molecule has 1 N–H and O–H groups in total. The molecule has 1 aromatic heterocycles. The van der Waals surface area contributed by atoms with Crippen molar-refractivity contribution >= 4 is 0 Å². The molecule has 14 heavy (non-hydrogen) atoms. The first kappa shape index (κ1) is 9.65. The number of nitrogens with one attached hydrogen (secondary N) is 1. The van der Waals surface area contributed by atoms with Crippen LogP contribution in [0.4, 0.5) is 4.39 Å². The summed E-state index contributed by atoms with van der Waals surface area (Å²) < 4.78 is 15.3. The third-order valence-corrected chi connectivity index (χ3v) is 2.78. The van der Waals surface area contributed by atoms with Crippen LogP contribution in [0, 0.1) is 0 Å². The van der Waals surface area contributed by atoms with Crippen LogP contribution >= 0.6 is 0 Å². The minimum absolute atomic E-state index is 0.0726. The molecule has 0 radical (unpaired) electrons. The van der Waals surface area contributed by atoms with E-state index < -0.39 is 6.17 Å². The van der Waals surface area contributed by atoms with Crippen LogP contribution in [0.25, 0.3) is 0 Å². The lowest BCUT2D eigenvalue weighted by atomic mass is 10.1. The van der Waals surface area contributed by atoms with E-state index in [4.69, 9.17) is 0 Å². The van der Waals surface area contributed by atoms with Crippen LogP contribution in [0.5, 0.6) is 0 Å². The zero-order chi connectivity index (χ0) is 9.97. The predicted molar refractivity (Wildman–Crippen MR) is 53.0 cm³/mol. The number of aromatic nitrogens is 2. The lowest BCUT2D eigenvalue weighted by Crippen LogP contribution is -2.39. The maximum Gasteiger partial charge on any atom is 0.135 e. The molecule has 0 aliphatic carbocycles. The first-order chi connectivity index (χ1) is 6.81. The molecular weight excluding hydrogens is 181 g/mol. The van der Waals surface area contributed by atoms with Gasteiger partial charge >= 0.3 is 0 Å². The Balaban J connectivity index is 2.12. The normalized spacial score (nSPS) is 27.9. The Labute approximate surface area is 83.3 Å². The van der Waals surface area contributed by atoms with Crippen LogP contribution in [0.15, 0.2) is 12.4 Å². The van der Waals surface area contributed by atoms with E-state index in [0.717, 1.165) is 19.4 Å². The molecule has 78 valence electrons. The van der Waals surface area contributed by atoms with Crippen LogP contribution in [0.3, 0.4) is 0 Å². The molecule has 4 heteroatoms. The van der Waals surface area contributed by atoms with E-state index in [1.807, 2.05) is 12.4 Å². The van der Waals surface area contributed by atoms with Crippen molar-refractivity contribution in [1.29, 1.82) is 0 Å². The van der Waals surface area contributed by atoms with Crippen molar-refractivity contribution in [3.63, 3.8) is 0 Å². The molecule has 2 atom stereocenters. The average molecular weight is 197 g/mol. The Hall–Kier alpha value is -0.900. The highest BCUT2D eigenvalue weighted by Crippen LogP contribution is 2.21. The summed E-state index contributed by atoms with van der Waals surface area (Å²) in [6.07, 6.45) is 4.76. The van der Waals surface area contributed by atoms with Crippen LogP contribution in [0.2, 0.25) is 0 Å². The number of aryl methyl sites for hydroxylation is 1. The fraction of sp³-hybridized carbons (Fsp3) is 0.700. The summed E-state index contributed by atoms with van der Waals surface area (Å²) in [5, 5.41) is 7.25. The van der Waals surface area contributed by atoms with E-state index in [2.05, 4.69) is 17.3 Å². The number of rotatable bonds is 2. The van der Waals surface area contributed by atoms with Gasteiger partial charge in [-0.3, -0.25) is 4.68 Å². The first-order valence-electron chi connectivity index (χ1n) is 5.19. The van der Waals surface area contributed by atoms with Crippen molar-refractivity contribution in [1.82, 2.24) is 15.1 Å². The van der Waals surface area contributed by atoms with Gasteiger partial charge in [0.2, 0.25) is 0 Å². The number of hydrogen-bond acceptors (Lipinski definition) is 2. The molecule has 2 rings (SSSR count). The molecule has 1 aliphatic heterocycles. The molecule has 2 heterocycles. The summed E-state index contributed by atoms with van der Waals surface area (Å²) in [6.45, 7) is 3.41. The van der Waals surface area contributed by atoms with Gasteiger partial charge in [-0.1, -0.05) is 6.92 Å². The highest BCUT2D eigenvalue weighted by Gasteiger charge is 2.26. The molecule has 0 bridgehead atoms. The Kier molecular flexibility index (Phi) is 2.82. The third kappa shape index (κ3) is 1.80. The topological polar surface area (TPSA) is 29.9 Å². The Bertz CT molecular complexity index is 297. The van der Waals surface area contributed by atoms with Crippen molar-refractivity contribution in [2.45, 2.75) is 32.0 Å². The zero-order valence-electron chi connectivity index (χ0n) is 8.41. The Morgan fingerprint density at radius 2 is 2.57 bits per heavy atom. The quantitative estimate of drug-likeness (QED) is 0.775. The van der Waals surface area contributed by atoms with Gasteiger partial charge in [0.15, 0.2) is 0 Å². The van der Waals surface area contributed by atoms with Crippen LogP contribution < -0.4 is 5.32 Å². The molecular formula is C10H16FN3. The predicted octanol–water partition coefficient (Wildman–Crippen LogP) is 1.32. The monoisotopic (exact) mass is 197 g/mol. The highest BCUT2D eigenvalue weighted by atomic mass is 19.1. The second-order valence-electron chi connectivity index (χ2n) is 3.76. The fourth-order valence-electron chi connectivity index (χ4n) is 1.85. The van der Waals surface area contributed by atoms with E-state index in [1.54, 1.807) is 4.68 Å². The summed E-state index contributed by atoms with van der Waals surface area (Å²) in [5.41, 5.74) is 1.18. The van der Waals surface area contributed by atoms with Crippen LogP contribution in [-0.2, 0) is 6.42 Å². The molecule has 2 unspecified atom stereocenters. The summed E-state index contributed by atoms with van der Waals surface area (Å²) in [7, 11) is 0. The zero-order valence-corrected chi connectivity index (χ0v) is 8.41. The first-order valence-corrected chi connectivity index (χ1v) is 5.19. The second-order valence-corrected chi connectivity index (χ2v) is 3.76. The SMILES string of the molecule is CCc1cnn(C2CCNCC2F)c1. The molecule has 0 spiro atoms. The molecule has 0 amide bonds. The van der Waals surface area contributed by atoms with E-state index in [-0.39, 0.29) is 6.04 Å². The number of halogens is 1. The molecule has 3 nitrogen and oxygen atoms in total. The molecule has 1 aliphatic rings. The smallest absolute Gasteiger partial charge is 0.135 e. The lowest BCUT2D eigenvalue weighted by Gasteiger charge is -2.26. The Morgan fingerprint density at radius 1 is 1.71 bits per heavy atom. The number of hydrogen-bond donors (Lipinski definition) is 1. The van der Waals surface area contributed by atoms with E-state index in [9.17, 15) is 4.39 Å². The van der Waals surface area contributed by atoms with Gasteiger partial charge in [0.05, 0.1) is 12.2 Å². The van der Waals surface area contributed by atoms with Gasteiger partial charge in [0.25, 0.3) is 0 Å². The van der Waals surface area contributed by atoms with E-state index >= 15 is 0 Å². The average Bonchev–Trinajstić information content (AvgIpc) is 2.67. The van der Waals surface area contributed by atoms with Crippen molar-refractivity contribution in [2.75, 3.05) is 13.1 Å². The van der Waals surface area contributed by atoms with Crippen LogP contribution in [0.1, 0.15) is 24.9 Å². The largest absolute Gasteiger partial charge is 0.314 e. The highest BCUT2D eigenvalue weighted by molar-refractivity contribution is 5.04. The Morgan fingerprint density at radius 3 is 3.21 bits per heavy atom. The minimum Gasteiger partial charge on any atom is -0.314 e. The van der Waals surface area contributed by atoms with Crippen molar-refractivity contribution in [2.24, 2.45) is 0 Å². The molecule has 1 aromatic rings. The number of piperidine rings is 1. The third-order valence-electron chi connectivity index (χ3n) is 2.78. The summed E-state index contributed by atoms with van der Waals surface area (Å²) in [6, 6.07) is -0.0726. The van der Waals surface area contributed by atoms with Crippen molar-refractivity contribution < 1.29 is 4.39 Å². The van der Waals surface area contributed by atoms with Gasteiger partial charge in [-0.25, -0.2) is 4.39 Å². The van der Waals surface area contributed by atoms with Gasteiger partial charge in [0.1, 0.15) is 6.17 Å². The standard InChI is InChI=1S/C10H16FN3/c1-2-8-5-13-14(7-8)10-3-4-12-6-9(10)11/h5,7,9-10,12H,2-4,6H2,1H3. The van der Waals surface area contributed by atoms with Gasteiger partial charge in [-0.2, -0.15) is 5.10 Å². The molecule has 0 saturated carbocycles. The fourth-order valence-corrected chi connectivity index (χ4v) is 1.85. The number of nitrogens with zero attached hydrogens (tertiary/aromatic N) is 2. The molecule has 1 saturated heterocycles. The van der Waals surface area contributed by atoms with Gasteiger partial charge in [-0.05, 0) is 24.9 Å². The van der Waals surface area contributed by atoms with E-state index in [1.165, 1.54) is 5.56 Å². The van der Waals surface area contributed by atoms with E-state index in [0.29, 0.717) is 6.54 Å². The summed E-state index contributed by atoms with van der Waals surface area (Å²) in [5.74, 6) is 0. The molecule has 0 aromatic carbocycles. The maximum absolute atomic E-state index is 13.5.